The molecular formula is C23H34O. The van der Waals surface area contributed by atoms with Crippen LogP contribution in [-0.2, 0) is 4.79 Å². The Morgan fingerprint density at radius 1 is 1.12 bits per heavy atom. The van der Waals surface area contributed by atoms with Gasteiger partial charge < -0.3 is 0 Å². The van der Waals surface area contributed by atoms with Crippen LogP contribution in [0.5, 0.6) is 0 Å². The summed E-state index contributed by atoms with van der Waals surface area (Å²) in [5.41, 5.74) is 2.62. The first-order chi connectivity index (χ1) is 11.4. The van der Waals surface area contributed by atoms with Crippen molar-refractivity contribution in [1.82, 2.24) is 0 Å². The van der Waals surface area contributed by atoms with Crippen LogP contribution in [0.1, 0.15) is 78.6 Å². The molecule has 0 aliphatic heterocycles. The number of hydrogen-bond acceptors (Lipinski definition) is 1. The van der Waals surface area contributed by atoms with E-state index in [0.29, 0.717) is 22.0 Å². The van der Waals surface area contributed by atoms with Gasteiger partial charge in [-0.2, -0.15) is 0 Å². The average Bonchev–Trinajstić information content (AvgIpc) is 2.89. The first-order valence-electron chi connectivity index (χ1n) is 10.3. The van der Waals surface area contributed by atoms with E-state index in [1.54, 1.807) is 0 Å². The molecule has 4 aliphatic carbocycles. The summed E-state index contributed by atoms with van der Waals surface area (Å²) in [5.74, 6) is 2.93. The molecule has 24 heavy (non-hydrogen) atoms. The van der Waals surface area contributed by atoms with E-state index in [2.05, 4.69) is 33.4 Å². The number of ketones is 1. The van der Waals surface area contributed by atoms with Crippen LogP contribution in [0.25, 0.3) is 0 Å². The molecule has 3 fully saturated rings. The molecule has 0 aromatic heterocycles. The predicted octanol–water partition coefficient (Wildman–Crippen LogP) is 6.10. The lowest BCUT2D eigenvalue weighted by molar-refractivity contribution is -0.118. The summed E-state index contributed by atoms with van der Waals surface area (Å²) < 4.78 is 0. The standard InChI is InChI=1S/C23H34O/c1-5-21(3)12-10-20-18-8-7-16-15-17(24)9-13-22(16,4)19(18)11-14-23(20,21)6-2/h5,15,18-20H,1,6-14H2,2-4H3/t18?,19-,20-,21-,22-,23-/m0/s1. The van der Waals surface area contributed by atoms with Gasteiger partial charge >= 0.3 is 0 Å². The van der Waals surface area contributed by atoms with Gasteiger partial charge in [-0.1, -0.05) is 32.4 Å². The first-order valence-corrected chi connectivity index (χ1v) is 10.3. The Kier molecular flexibility index (Phi) is 3.68. The summed E-state index contributed by atoms with van der Waals surface area (Å²) >= 11 is 0. The monoisotopic (exact) mass is 326 g/mol. The van der Waals surface area contributed by atoms with Crippen molar-refractivity contribution in [2.75, 3.05) is 0 Å². The molecule has 1 nitrogen and oxygen atoms in total. The molecule has 0 amide bonds. The van der Waals surface area contributed by atoms with Gasteiger partial charge in [-0.05, 0) is 91.4 Å². The maximum absolute atomic E-state index is 11.9. The minimum Gasteiger partial charge on any atom is -0.295 e. The molecule has 0 N–H and O–H groups in total. The zero-order valence-electron chi connectivity index (χ0n) is 15.9. The Balaban J connectivity index is 1.71. The predicted molar refractivity (Wildman–Crippen MR) is 99.6 cm³/mol. The highest BCUT2D eigenvalue weighted by atomic mass is 16.1. The molecule has 0 aromatic carbocycles. The van der Waals surface area contributed by atoms with Crippen LogP contribution in [0.15, 0.2) is 24.3 Å². The molecule has 0 saturated heterocycles. The maximum Gasteiger partial charge on any atom is 0.155 e. The number of hydrogen-bond donors (Lipinski definition) is 0. The molecule has 132 valence electrons. The van der Waals surface area contributed by atoms with Gasteiger partial charge in [0.05, 0.1) is 0 Å². The maximum atomic E-state index is 11.9. The fraction of sp³-hybridized carbons (Fsp3) is 0.783. The van der Waals surface area contributed by atoms with E-state index in [-0.39, 0.29) is 0 Å². The average molecular weight is 327 g/mol. The minimum atomic E-state index is 0.309. The third-order valence-electron chi connectivity index (χ3n) is 9.36. The second-order valence-electron chi connectivity index (χ2n) is 9.68. The molecule has 0 heterocycles. The minimum absolute atomic E-state index is 0.309. The van der Waals surface area contributed by atoms with Crippen molar-refractivity contribution in [3.05, 3.63) is 24.3 Å². The highest BCUT2D eigenvalue weighted by molar-refractivity contribution is 5.91. The molecule has 1 unspecified atom stereocenters. The number of fused-ring (bicyclic) bond motifs is 5. The molecule has 3 saturated carbocycles. The van der Waals surface area contributed by atoms with Crippen LogP contribution in [0.3, 0.4) is 0 Å². The lowest BCUT2D eigenvalue weighted by Gasteiger charge is -2.60. The molecule has 4 aliphatic rings. The lowest BCUT2D eigenvalue weighted by atomic mass is 9.44. The van der Waals surface area contributed by atoms with Crippen molar-refractivity contribution in [1.29, 1.82) is 0 Å². The number of rotatable bonds is 2. The van der Waals surface area contributed by atoms with Crippen LogP contribution < -0.4 is 0 Å². The first kappa shape index (κ1) is 16.6. The number of carbonyl (C=O) groups is 1. The summed E-state index contributed by atoms with van der Waals surface area (Å²) in [6, 6.07) is 0. The van der Waals surface area contributed by atoms with E-state index < -0.39 is 0 Å². The van der Waals surface area contributed by atoms with Gasteiger partial charge in [0.25, 0.3) is 0 Å². The lowest BCUT2D eigenvalue weighted by Crippen LogP contribution is -2.52. The van der Waals surface area contributed by atoms with Gasteiger partial charge in [0.2, 0.25) is 0 Å². The van der Waals surface area contributed by atoms with Gasteiger partial charge in [-0.15, -0.1) is 6.58 Å². The molecule has 4 rings (SSSR count). The zero-order chi connectivity index (χ0) is 17.2. The normalized spacial score (nSPS) is 50.5. The Labute approximate surface area is 148 Å². The molecule has 0 bridgehead atoms. The Bertz CT molecular complexity index is 601. The SMILES string of the molecule is C=C[C@@]1(C)CC[C@H]2C3CCC4=CC(=O)CC[C@]4(C)[C@H]3CC[C@@]21CC. The van der Waals surface area contributed by atoms with E-state index >= 15 is 0 Å². The van der Waals surface area contributed by atoms with Gasteiger partial charge in [-0.25, -0.2) is 0 Å². The topological polar surface area (TPSA) is 17.1 Å². The van der Waals surface area contributed by atoms with Crippen molar-refractivity contribution in [2.24, 2.45) is 34.0 Å². The fourth-order valence-corrected chi connectivity index (χ4v) is 7.83. The second-order valence-corrected chi connectivity index (χ2v) is 9.68. The smallest absolute Gasteiger partial charge is 0.155 e. The van der Waals surface area contributed by atoms with Gasteiger partial charge in [0, 0.05) is 6.42 Å². The fourth-order valence-electron chi connectivity index (χ4n) is 7.83. The quantitative estimate of drug-likeness (QED) is 0.560. The Morgan fingerprint density at radius 2 is 1.88 bits per heavy atom. The van der Waals surface area contributed by atoms with Crippen molar-refractivity contribution < 1.29 is 4.79 Å². The molecule has 0 spiro atoms. The Morgan fingerprint density at radius 3 is 2.58 bits per heavy atom. The van der Waals surface area contributed by atoms with Crippen molar-refractivity contribution in [2.45, 2.75) is 78.6 Å². The van der Waals surface area contributed by atoms with Crippen LogP contribution in [0.4, 0.5) is 0 Å². The van der Waals surface area contributed by atoms with Gasteiger partial charge in [-0.3, -0.25) is 4.79 Å². The highest BCUT2D eigenvalue weighted by Crippen LogP contribution is 2.71. The highest BCUT2D eigenvalue weighted by Gasteiger charge is 2.62. The van der Waals surface area contributed by atoms with E-state index in [0.717, 1.165) is 30.6 Å². The van der Waals surface area contributed by atoms with E-state index in [1.807, 2.05) is 6.08 Å². The van der Waals surface area contributed by atoms with E-state index in [9.17, 15) is 4.79 Å². The summed E-state index contributed by atoms with van der Waals surface area (Å²) in [5, 5.41) is 0. The van der Waals surface area contributed by atoms with E-state index in [4.69, 9.17) is 0 Å². The third kappa shape index (κ3) is 1.90. The molecule has 0 aromatic rings. The summed E-state index contributed by atoms with van der Waals surface area (Å²) in [7, 11) is 0. The Hall–Kier alpha value is -0.850. The molecule has 1 heteroatoms. The van der Waals surface area contributed by atoms with Crippen LogP contribution >= 0.6 is 0 Å². The summed E-state index contributed by atoms with van der Waals surface area (Å²) in [6.45, 7) is 11.6. The second kappa shape index (κ2) is 5.32. The third-order valence-corrected chi connectivity index (χ3v) is 9.36. The van der Waals surface area contributed by atoms with Crippen LogP contribution in [-0.4, -0.2) is 5.78 Å². The largest absolute Gasteiger partial charge is 0.295 e. The number of carbonyl (C=O) groups excluding carboxylic acids is 1. The van der Waals surface area contributed by atoms with Gasteiger partial charge in [0.1, 0.15) is 0 Å². The van der Waals surface area contributed by atoms with Crippen molar-refractivity contribution >= 4 is 5.78 Å². The summed E-state index contributed by atoms with van der Waals surface area (Å²) in [4.78, 5) is 11.9. The van der Waals surface area contributed by atoms with Crippen molar-refractivity contribution in [3.8, 4) is 0 Å². The van der Waals surface area contributed by atoms with Gasteiger partial charge in [0.15, 0.2) is 5.78 Å². The molecular weight excluding hydrogens is 292 g/mol. The molecule has 6 atom stereocenters. The number of allylic oxidation sites excluding steroid dienone is 2. The summed E-state index contributed by atoms with van der Waals surface area (Å²) in [6.07, 6.45) is 15.5. The van der Waals surface area contributed by atoms with Crippen LogP contribution in [0, 0.1) is 34.0 Å². The van der Waals surface area contributed by atoms with E-state index in [1.165, 1.54) is 50.5 Å². The molecule has 0 radical (unpaired) electrons. The zero-order valence-corrected chi connectivity index (χ0v) is 15.9. The van der Waals surface area contributed by atoms with Crippen LogP contribution in [0.2, 0.25) is 0 Å². The van der Waals surface area contributed by atoms with Crippen molar-refractivity contribution in [3.63, 3.8) is 0 Å².